The Labute approximate surface area is 157 Å². The number of hydrogen-bond donors (Lipinski definition) is 0. The summed E-state index contributed by atoms with van der Waals surface area (Å²) < 4.78 is 13.1. The molecule has 0 aliphatic rings. The molecule has 0 bridgehead atoms. The summed E-state index contributed by atoms with van der Waals surface area (Å²) in [6.45, 7) is 4.87. The van der Waals surface area contributed by atoms with Gasteiger partial charge in [-0.3, -0.25) is 10.1 Å². The molecule has 0 aliphatic carbocycles. The van der Waals surface area contributed by atoms with E-state index < -0.39 is 4.92 Å². The lowest BCUT2D eigenvalue weighted by molar-refractivity contribution is -0.386. The Bertz CT molecular complexity index is 966. The third-order valence-electron chi connectivity index (χ3n) is 4.40. The van der Waals surface area contributed by atoms with E-state index in [-0.39, 0.29) is 18.0 Å². The van der Waals surface area contributed by atoms with E-state index in [1.165, 1.54) is 13.2 Å². The van der Waals surface area contributed by atoms with Gasteiger partial charge in [0.2, 0.25) is 5.75 Å². The molecule has 0 saturated carbocycles. The van der Waals surface area contributed by atoms with Gasteiger partial charge in [0.25, 0.3) is 0 Å². The average Bonchev–Trinajstić information content (AvgIpc) is 3.15. The highest BCUT2D eigenvalue weighted by molar-refractivity contribution is 5.69. The Morgan fingerprint density at radius 1 is 1.26 bits per heavy atom. The smallest absolute Gasteiger partial charge is 0.315 e. The van der Waals surface area contributed by atoms with E-state index >= 15 is 0 Å². The Kier molecular flexibility index (Phi) is 5.40. The number of hydrogen-bond acceptors (Lipinski definition) is 5. The lowest BCUT2D eigenvalue weighted by Crippen LogP contribution is -2.04. The highest BCUT2D eigenvalue weighted by Crippen LogP contribution is 2.41. The number of methoxy groups -OCH3 is 1. The van der Waals surface area contributed by atoms with Gasteiger partial charge < -0.3 is 14.0 Å². The van der Waals surface area contributed by atoms with Gasteiger partial charge in [0.1, 0.15) is 12.4 Å². The minimum atomic E-state index is -0.460. The zero-order chi connectivity index (χ0) is 19.4. The van der Waals surface area contributed by atoms with Gasteiger partial charge >= 0.3 is 5.69 Å². The van der Waals surface area contributed by atoms with Crippen molar-refractivity contribution >= 4 is 5.69 Å². The minimum absolute atomic E-state index is 0.115. The fraction of sp³-hybridized carbons (Fsp3) is 0.250. The van der Waals surface area contributed by atoms with Gasteiger partial charge in [-0.1, -0.05) is 24.3 Å². The summed E-state index contributed by atoms with van der Waals surface area (Å²) in [7, 11) is 1.47. The molecular formula is C20H21N3O4. The molecule has 0 aliphatic heterocycles. The van der Waals surface area contributed by atoms with E-state index in [9.17, 15) is 10.1 Å². The molecule has 1 heterocycles. The molecule has 1 aromatic heterocycles. The number of ether oxygens (including phenoxy) is 2. The van der Waals surface area contributed by atoms with E-state index in [1.807, 2.05) is 48.9 Å². The van der Waals surface area contributed by atoms with Crippen LogP contribution in [0.1, 0.15) is 18.1 Å². The Balaban J connectivity index is 2.03. The van der Waals surface area contributed by atoms with E-state index in [4.69, 9.17) is 9.47 Å². The Hall–Kier alpha value is -3.35. The summed E-state index contributed by atoms with van der Waals surface area (Å²) in [5.41, 5.74) is 2.47. The highest BCUT2D eigenvalue weighted by Gasteiger charge is 2.24. The van der Waals surface area contributed by atoms with Crippen molar-refractivity contribution in [1.82, 2.24) is 9.55 Å². The number of nitro groups is 1. The van der Waals surface area contributed by atoms with Gasteiger partial charge in [0, 0.05) is 30.6 Å². The topological polar surface area (TPSA) is 79.4 Å². The molecule has 3 aromatic rings. The summed E-state index contributed by atoms with van der Waals surface area (Å²) >= 11 is 0. The first-order valence-electron chi connectivity index (χ1n) is 8.60. The average molecular weight is 367 g/mol. The lowest BCUT2D eigenvalue weighted by Gasteiger charge is -2.14. The number of nitro benzene ring substituents is 1. The van der Waals surface area contributed by atoms with Crippen molar-refractivity contribution in [3.63, 3.8) is 0 Å². The lowest BCUT2D eigenvalue weighted by atomic mass is 10.1. The van der Waals surface area contributed by atoms with Gasteiger partial charge in [-0.15, -0.1) is 0 Å². The molecule has 0 fully saturated rings. The van der Waals surface area contributed by atoms with Gasteiger partial charge in [0.15, 0.2) is 5.75 Å². The first kappa shape index (κ1) is 18.4. The zero-order valence-corrected chi connectivity index (χ0v) is 15.5. The van der Waals surface area contributed by atoms with Gasteiger partial charge in [-0.25, -0.2) is 4.98 Å². The van der Waals surface area contributed by atoms with Gasteiger partial charge in [0.05, 0.1) is 12.0 Å². The molecule has 140 valence electrons. The molecule has 2 aromatic carbocycles. The van der Waals surface area contributed by atoms with Crippen LogP contribution in [0.4, 0.5) is 5.69 Å². The van der Waals surface area contributed by atoms with Crippen molar-refractivity contribution in [1.29, 1.82) is 0 Å². The molecule has 0 unspecified atom stereocenters. The first-order chi connectivity index (χ1) is 13.0. The van der Waals surface area contributed by atoms with E-state index in [0.29, 0.717) is 23.7 Å². The maximum atomic E-state index is 11.7. The second kappa shape index (κ2) is 7.90. The first-order valence-corrected chi connectivity index (χ1v) is 8.60. The Morgan fingerprint density at radius 2 is 2.04 bits per heavy atom. The molecule has 0 spiro atoms. The molecule has 27 heavy (non-hydrogen) atoms. The van der Waals surface area contributed by atoms with Crippen LogP contribution in [0.5, 0.6) is 11.5 Å². The molecule has 0 atom stereocenters. The van der Waals surface area contributed by atoms with Crippen LogP contribution in [-0.2, 0) is 13.2 Å². The van der Waals surface area contributed by atoms with Crippen LogP contribution in [0.2, 0.25) is 0 Å². The van der Waals surface area contributed by atoms with E-state index in [1.54, 1.807) is 12.3 Å². The number of aryl methyl sites for hydroxylation is 2. The van der Waals surface area contributed by atoms with Crippen LogP contribution in [0.15, 0.2) is 48.8 Å². The number of nitrogens with zero attached hydrogens (tertiary/aromatic N) is 3. The number of imidazole rings is 1. The third kappa shape index (κ3) is 3.76. The fourth-order valence-corrected chi connectivity index (χ4v) is 2.90. The highest BCUT2D eigenvalue weighted by atomic mass is 16.6. The molecule has 7 nitrogen and oxygen atoms in total. The van der Waals surface area contributed by atoms with E-state index in [0.717, 1.165) is 11.1 Å². The number of rotatable bonds is 7. The van der Waals surface area contributed by atoms with Crippen LogP contribution in [-0.4, -0.2) is 21.6 Å². The van der Waals surface area contributed by atoms with Crippen LogP contribution < -0.4 is 9.47 Å². The van der Waals surface area contributed by atoms with Crippen molar-refractivity contribution in [3.8, 4) is 22.9 Å². The van der Waals surface area contributed by atoms with Gasteiger partial charge in [-0.2, -0.15) is 0 Å². The predicted molar refractivity (Wildman–Crippen MR) is 102 cm³/mol. The van der Waals surface area contributed by atoms with Crippen molar-refractivity contribution in [2.24, 2.45) is 0 Å². The second-order valence-corrected chi connectivity index (χ2v) is 6.04. The van der Waals surface area contributed by atoms with Crippen molar-refractivity contribution in [2.75, 3.05) is 7.11 Å². The molecule has 0 radical (unpaired) electrons. The number of aromatic nitrogens is 2. The maximum absolute atomic E-state index is 11.7. The van der Waals surface area contributed by atoms with Crippen molar-refractivity contribution in [3.05, 3.63) is 70.0 Å². The monoisotopic (exact) mass is 367 g/mol. The maximum Gasteiger partial charge on any atom is 0.315 e. The van der Waals surface area contributed by atoms with Crippen LogP contribution >= 0.6 is 0 Å². The Morgan fingerprint density at radius 3 is 2.70 bits per heavy atom. The zero-order valence-electron chi connectivity index (χ0n) is 15.5. The molecule has 0 saturated heterocycles. The van der Waals surface area contributed by atoms with Gasteiger partial charge in [-0.05, 0) is 31.0 Å². The summed E-state index contributed by atoms with van der Waals surface area (Å²) in [5, 5.41) is 11.7. The van der Waals surface area contributed by atoms with Crippen LogP contribution in [0.25, 0.3) is 11.4 Å². The quantitative estimate of drug-likeness (QED) is 0.457. The summed E-state index contributed by atoms with van der Waals surface area (Å²) in [4.78, 5) is 15.5. The molecular weight excluding hydrogens is 346 g/mol. The molecule has 0 amide bonds. The fourth-order valence-electron chi connectivity index (χ4n) is 2.90. The molecule has 7 heteroatoms. The van der Waals surface area contributed by atoms with Crippen LogP contribution in [0, 0.1) is 17.0 Å². The standard InChI is InChI=1S/C20H21N3O4/c1-4-22-10-9-21-20(22)16-11-17(23(24)25)19(18(12-16)26-3)27-13-15-8-6-5-7-14(15)2/h5-12H,4,13H2,1-3H3. The minimum Gasteiger partial charge on any atom is -0.493 e. The summed E-state index contributed by atoms with van der Waals surface area (Å²) in [5.74, 6) is 1.06. The summed E-state index contributed by atoms with van der Waals surface area (Å²) in [6.07, 6.45) is 3.50. The van der Waals surface area contributed by atoms with Crippen LogP contribution in [0.3, 0.4) is 0 Å². The SMILES string of the molecule is CCn1ccnc1-c1cc(OC)c(OCc2ccccc2C)c([N+](=O)[O-])c1. The molecule has 3 rings (SSSR count). The molecule has 0 N–H and O–H groups in total. The van der Waals surface area contributed by atoms with Crippen molar-refractivity contribution < 1.29 is 14.4 Å². The second-order valence-electron chi connectivity index (χ2n) is 6.04. The predicted octanol–water partition coefficient (Wildman–Crippen LogP) is 4.37. The summed E-state index contributed by atoms with van der Waals surface area (Å²) in [6, 6.07) is 10.9. The number of benzene rings is 2. The largest absolute Gasteiger partial charge is 0.493 e. The third-order valence-corrected chi connectivity index (χ3v) is 4.40. The normalized spacial score (nSPS) is 10.6. The van der Waals surface area contributed by atoms with E-state index in [2.05, 4.69) is 4.98 Å². The van der Waals surface area contributed by atoms with Crippen molar-refractivity contribution in [2.45, 2.75) is 27.0 Å².